The van der Waals surface area contributed by atoms with Gasteiger partial charge < -0.3 is 20.6 Å². The first kappa shape index (κ1) is 11.6. The van der Waals surface area contributed by atoms with E-state index in [1.165, 1.54) is 6.42 Å². The third-order valence-electron chi connectivity index (χ3n) is 3.49. The molecule has 2 rings (SSSR count). The van der Waals surface area contributed by atoms with Gasteiger partial charge in [-0.1, -0.05) is 6.42 Å². The first-order chi connectivity index (χ1) is 7.85. The van der Waals surface area contributed by atoms with E-state index in [-0.39, 0.29) is 12.6 Å². The van der Waals surface area contributed by atoms with Crippen LogP contribution in [0.15, 0.2) is 23.0 Å². The molecule has 1 saturated carbocycles. The summed E-state index contributed by atoms with van der Waals surface area (Å²) < 4.78 is 5.07. The van der Waals surface area contributed by atoms with Crippen LogP contribution in [0.25, 0.3) is 0 Å². The zero-order valence-corrected chi connectivity index (χ0v) is 9.43. The Morgan fingerprint density at radius 2 is 2.44 bits per heavy atom. The molecule has 0 saturated heterocycles. The quantitative estimate of drug-likeness (QED) is 0.698. The third kappa shape index (κ3) is 2.45. The second-order valence-corrected chi connectivity index (χ2v) is 4.49. The van der Waals surface area contributed by atoms with Crippen LogP contribution in [-0.2, 0) is 0 Å². The van der Waals surface area contributed by atoms with Crippen LogP contribution in [0.5, 0.6) is 0 Å². The summed E-state index contributed by atoms with van der Waals surface area (Å²) in [6, 6.07) is 2.46. The van der Waals surface area contributed by atoms with Crippen molar-refractivity contribution in [3.05, 3.63) is 24.2 Å². The Morgan fingerprint density at radius 3 is 3.06 bits per heavy atom. The van der Waals surface area contributed by atoms with Crippen molar-refractivity contribution in [1.29, 1.82) is 0 Å². The summed E-state index contributed by atoms with van der Waals surface area (Å²) in [6.07, 6.45) is 6.81. The summed E-state index contributed by atoms with van der Waals surface area (Å²) in [4.78, 5) is 0. The molecule has 1 aromatic rings. The Labute approximate surface area is 95.8 Å². The number of hydrogen-bond acceptors (Lipinski definition) is 4. The van der Waals surface area contributed by atoms with Crippen molar-refractivity contribution in [1.82, 2.24) is 5.32 Å². The van der Waals surface area contributed by atoms with Crippen LogP contribution in [0.1, 0.15) is 30.9 Å². The van der Waals surface area contributed by atoms with E-state index in [2.05, 4.69) is 5.32 Å². The average molecular weight is 224 g/mol. The van der Waals surface area contributed by atoms with E-state index in [1.807, 2.05) is 6.07 Å². The lowest BCUT2D eigenvalue weighted by atomic mass is 10.0. The molecule has 0 bridgehead atoms. The molecule has 0 amide bonds. The Balaban J connectivity index is 1.96. The third-order valence-corrected chi connectivity index (χ3v) is 3.49. The lowest BCUT2D eigenvalue weighted by Crippen LogP contribution is -2.39. The molecular weight excluding hydrogens is 204 g/mol. The molecule has 1 aliphatic carbocycles. The Hall–Kier alpha value is -0.840. The van der Waals surface area contributed by atoms with Crippen molar-refractivity contribution in [2.24, 2.45) is 11.7 Å². The average Bonchev–Trinajstić information content (AvgIpc) is 2.96. The summed E-state index contributed by atoms with van der Waals surface area (Å²) in [5.41, 5.74) is 6.85. The van der Waals surface area contributed by atoms with Gasteiger partial charge >= 0.3 is 0 Å². The van der Waals surface area contributed by atoms with E-state index in [9.17, 15) is 5.11 Å². The summed E-state index contributed by atoms with van der Waals surface area (Å²) in [6.45, 7) is 0.814. The van der Waals surface area contributed by atoms with E-state index < -0.39 is 0 Å². The van der Waals surface area contributed by atoms with Crippen molar-refractivity contribution in [2.75, 3.05) is 13.2 Å². The second kappa shape index (κ2) is 5.48. The van der Waals surface area contributed by atoms with Gasteiger partial charge in [-0.3, -0.25) is 0 Å². The van der Waals surface area contributed by atoms with E-state index in [0.29, 0.717) is 18.5 Å². The molecule has 90 valence electrons. The fourth-order valence-electron chi connectivity index (χ4n) is 2.51. The van der Waals surface area contributed by atoms with Crippen LogP contribution >= 0.6 is 0 Å². The Morgan fingerprint density at radius 1 is 1.56 bits per heavy atom. The molecule has 0 spiro atoms. The van der Waals surface area contributed by atoms with Gasteiger partial charge in [0.1, 0.15) is 0 Å². The highest BCUT2D eigenvalue weighted by atomic mass is 16.3. The summed E-state index contributed by atoms with van der Waals surface area (Å²) >= 11 is 0. The first-order valence-electron chi connectivity index (χ1n) is 5.94. The van der Waals surface area contributed by atoms with E-state index in [0.717, 1.165) is 18.4 Å². The van der Waals surface area contributed by atoms with Crippen molar-refractivity contribution in [3.8, 4) is 0 Å². The second-order valence-electron chi connectivity index (χ2n) is 4.49. The van der Waals surface area contributed by atoms with Crippen LogP contribution in [0.2, 0.25) is 0 Å². The molecule has 0 radical (unpaired) electrons. The maximum atomic E-state index is 9.26. The highest BCUT2D eigenvalue weighted by Gasteiger charge is 2.28. The molecule has 16 heavy (non-hydrogen) atoms. The van der Waals surface area contributed by atoms with E-state index >= 15 is 0 Å². The van der Waals surface area contributed by atoms with Gasteiger partial charge in [-0.15, -0.1) is 0 Å². The minimum absolute atomic E-state index is 0.135. The maximum Gasteiger partial charge on any atom is 0.0950 e. The number of rotatable bonds is 5. The fraction of sp³-hybridized carbons (Fsp3) is 0.667. The highest BCUT2D eigenvalue weighted by Crippen LogP contribution is 2.27. The van der Waals surface area contributed by atoms with Gasteiger partial charge in [-0.05, 0) is 24.8 Å². The number of furan rings is 1. The van der Waals surface area contributed by atoms with Gasteiger partial charge in [0.15, 0.2) is 0 Å². The van der Waals surface area contributed by atoms with Crippen LogP contribution in [0, 0.1) is 5.92 Å². The lowest BCUT2D eigenvalue weighted by Gasteiger charge is -2.24. The predicted octanol–water partition coefficient (Wildman–Crippen LogP) is 1.03. The number of aliphatic hydroxyl groups excluding tert-OH is 1. The van der Waals surface area contributed by atoms with Crippen LogP contribution in [0.4, 0.5) is 0 Å². The van der Waals surface area contributed by atoms with Gasteiger partial charge in [0.05, 0.1) is 12.5 Å². The highest BCUT2D eigenvalue weighted by molar-refractivity contribution is 5.12. The monoisotopic (exact) mass is 224 g/mol. The fourth-order valence-corrected chi connectivity index (χ4v) is 2.51. The topological polar surface area (TPSA) is 71.4 Å². The van der Waals surface area contributed by atoms with Crippen molar-refractivity contribution in [3.63, 3.8) is 0 Å². The van der Waals surface area contributed by atoms with Crippen LogP contribution in [0.3, 0.4) is 0 Å². The Bertz CT molecular complexity index is 300. The zero-order valence-electron chi connectivity index (χ0n) is 9.43. The molecule has 1 aliphatic rings. The minimum Gasteiger partial charge on any atom is -0.472 e. The maximum absolute atomic E-state index is 9.26. The molecular formula is C12H20N2O2. The number of hydrogen-bond donors (Lipinski definition) is 3. The van der Waals surface area contributed by atoms with Gasteiger partial charge in [-0.25, -0.2) is 0 Å². The molecule has 1 fully saturated rings. The zero-order chi connectivity index (χ0) is 11.4. The van der Waals surface area contributed by atoms with Crippen molar-refractivity contribution < 1.29 is 9.52 Å². The smallest absolute Gasteiger partial charge is 0.0950 e. The number of nitrogens with two attached hydrogens (primary N) is 1. The van der Waals surface area contributed by atoms with E-state index in [1.54, 1.807) is 12.5 Å². The predicted molar refractivity (Wildman–Crippen MR) is 61.9 cm³/mol. The number of aliphatic hydroxyl groups is 1. The SMILES string of the molecule is NCC(NC1CCCC1CO)c1ccoc1. The molecule has 3 atom stereocenters. The lowest BCUT2D eigenvalue weighted by molar-refractivity contribution is 0.199. The van der Waals surface area contributed by atoms with Gasteiger partial charge in [-0.2, -0.15) is 0 Å². The van der Waals surface area contributed by atoms with Gasteiger partial charge in [0, 0.05) is 30.8 Å². The molecule has 0 aromatic carbocycles. The summed E-state index contributed by atoms with van der Waals surface area (Å²) in [7, 11) is 0. The van der Waals surface area contributed by atoms with Crippen molar-refractivity contribution >= 4 is 0 Å². The van der Waals surface area contributed by atoms with Crippen molar-refractivity contribution in [2.45, 2.75) is 31.3 Å². The molecule has 4 N–H and O–H groups in total. The van der Waals surface area contributed by atoms with Crippen LogP contribution in [-0.4, -0.2) is 24.3 Å². The minimum atomic E-state index is 0.135. The molecule has 1 aromatic heterocycles. The van der Waals surface area contributed by atoms with Gasteiger partial charge in [0.2, 0.25) is 0 Å². The van der Waals surface area contributed by atoms with Crippen LogP contribution < -0.4 is 11.1 Å². The molecule has 4 heteroatoms. The first-order valence-corrected chi connectivity index (χ1v) is 5.94. The van der Waals surface area contributed by atoms with E-state index in [4.69, 9.17) is 10.2 Å². The molecule has 1 heterocycles. The summed E-state index contributed by atoms with van der Waals surface area (Å²) in [5.74, 6) is 0.376. The van der Waals surface area contributed by atoms with Gasteiger partial charge in [0.25, 0.3) is 0 Å². The Kier molecular flexibility index (Phi) is 3.98. The standard InChI is InChI=1S/C12H20N2O2/c13-6-12(10-4-5-16-8-10)14-11-3-1-2-9(11)7-15/h4-5,8-9,11-12,14-15H,1-3,6-7,13H2. The summed E-state index contributed by atoms with van der Waals surface area (Å²) in [5, 5.41) is 12.8. The molecule has 4 nitrogen and oxygen atoms in total. The molecule has 3 unspecified atom stereocenters. The molecule has 0 aliphatic heterocycles. The normalized spacial score (nSPS) is 27.1. The number of nitrogens with one attached hydrogen (secondary N) is 1. The largest absolute Gasteiger partial charge is 0.472 e.